The van der Waals surface area contributed by atoms with Crippen LogP contribution < -0.4 is 0 Å². The predicted molar refractivity (Wildman–Crippen MR) is 65.5 cm³/mol. The molecule has 0 bridgehead atoms. The molecule has 1 aromatic rings. The van der Waals surface area contributed by atoms with Crippen molar-refractivity contribution >= 4 is 0 Å². The molecule has 2 aliphatic rings. The highest BCUT2D eigenvalue weighted by Gasteiger charge is 2.39. The van der Waals surface area contributed by atoms with Crippen molar-refractivity contribution in [2.75, 3.05) is 7.11 Å². The highest BCUT2D eigenvalue weighted by atomic mass is 16.5. The van der Waals surface area contributed by atoms with Crippen molar-refractivity contribution in [2.24, 2.45) is 5.41 Å². The van der Waals surface area contributed by atoms with E-state index in [0.717, 1.165) is 0 Å². The second kappa shape index (κ2) is 3.89. The fraction of sp³-hybridized carbons (Fsp3) is 0.600. The fourth-order valence-corrected chi connectivity index (χ4v) is 3.57. The van der Waals surface area contributed by atoms with E-state index in [1.165, 1.54) is 38.5 Å². The molecule has 0 N–H and O–H groups in total. The molecule has 0 unspecified atom stereocenters. The molecule has 1 heteroatoms. The lowest BCUT2D eigenvalue weighted by molar-refractivity contribution is 0.0298. The van der Waals surface area contributed by atoms with Crippen LogP contribution in [0.25, 0.3) is 0 Å². The minimum Gasteiger partial charge on any atom is -0.381 e. The second-order valence-corrected chi connectivity index (χ2v) is 5.56. The Morgan fingerprint density at radius 3 is 2.12 bits per heavy atom. The molecule has 0 saturated heterocycles. The molecule has 0 atom stereocenters. The minimum atomic E-state index is 0.523. The third-order valence-corrected chi connectivity index (χ3v) is 4.58. The van der Waals surface area contributed by atoms with Gasteiger partial charge in [0.1, 0.15) is 0 Å². The first-order chi connectivity index (χ1) is 7.81. The Morgan fingerprint density at radius 2 is 1.62 bits per heavy atom. The van der Waals surface area contributed by atoms with Gasteiger partial charge in [0.2, 0.25) is 0 Å². The molecule has 0 amide bonds. The summed E-state index contributed by atoms with van der Waals surface area (Å²) >= 11 is 0. The smallest absolute Gasteiger partial charge is 0.0571 e. The zero-order valence-electron chi connectivity index (χ0n) is 10.0. The van der Waals surface area contributed by atoms with Gasteiger partial charge in [0.25, 0.3) is 0 Å². The number of ether oxygens (including phenoxy) is 1. The van der Waals surface area contributed by atoms with Crippen LogP contribution in [0.1, 0.15) is 36.8 Å². The maximum absolute atomic E-state index is 5.47. The standard InChI is InChI=1S/C15H20O/c1-16-14-6-8-15(9-7-14)10-12-4-2-3-5-13(12)11-15/h2-5,14H,6-11H2,1H3. The van der Waals surface area contributed by atoms with E-state index >= 15 is 0 Å². The Morgan fingerprint density at radius 1 is 1.06 bits per heavy atom. The van der Waals surface area contributed by atoms with Gasteiger partial charge in [-0.05, 0) is 55.1 Å². The molecule has 1 spiro atoms. The largest absolute Gasteiger partial charge is 0.381 e. The minimum absolute atomic E-state index is 0.523. The SMILES string of the molecule is COC1CCC2(CC1)Cc1ccccc1C2. The monoisotopic (exact) mass is 216 g/mol. The van der Waals surface area contributed by atoms with E-state index in [0.29, 0.717) is 11.5 Å². The molecule has 0 aromatic heterocycles. The lowest BCUT2D eigenvalue weighted by atomic mass is 9.71. The van der Waals surface area contributed by atoms with Crippen molar-refractivity contribution in [3.63, 3.8) is 0 Å². The average Bonchev–Trinajstić information content (AvgIpc) is 2.68. The highest BCUT2D eigenvalue weighted by molar-refractivity contribution is 5.34. The third kappa shape index (κ3) is 1.67. The summed E-state index contributed by atoms with van der Waals surface area (Å²) in [6, 6.07) is 8.98. The summed E-state index contributed by atoms with van der Waals surface area (Å²) in [5.74, 6) is 0. The Hall–Kier alpha value is -0.820. The maximum Gasteiger partial charge on any atom is 0.0571 e. The quantitative estimate of drug-likeness (QED) is 0.699. The fourth-order valence-electron chi connectivity index (χ4n) is 3.57. The molecule has 1 aromatic carbocycles. The molecule has 16 heavy (non-hydrogen) atoms. The number of methoxy groups -OCH3 is 1. The lowest BCUT2D eigenvalue weighted by Gasteiger charge is -2.36. The Balaban J connectivity index is 1.75. The molecule has 0 radical (unpaired) electrons. The van der Waals surface area contributed by atoms with E-state index in [2.05, 4.69) is 24.3 Å². The van der Waals surface area contributed by atoms with Gasteiger partial charge in [-0.25, -0.2) is 0 Å². The van der Waals surface area contributed by atoms with E-state index < -0.39 is 0 Å². The number of benzene rings is 1. The number of hydrogen-bond donors (Lipinski definition) is 0. The normalized spacial score (nSPS) is 23.6. The Bertz CT molecular complexity index is 348. The second-order valence-electron chi connectivity index (χ2n) is 5.56. The van der Waals surface area contributed by atoms with E-state index in [1.807, 2.05) is 7.11 Å². The van der Waals surface area contributed by atoms with Gasteiger partial charge in [-0.15, -0.1) is 0 Å². The molecule has 0 heterocycles. The molecule has 3 rings (SSSR count). The molecule has 1 fully saturated rings. The van der Waals surface area contributed by atoms with Gasteiger partial charge in [0, 0.05) is 7.11 Å². The summed E-state index contributed by atoms with van der Waals surface area (Å²) in [6.45, 7) is 0. The molecule has 1 nitrogen and oxygen atoms in total. The van der Waals surface area contributed by atoms with Gasteiger partial charge in [0.05, 0.1) is 6.10 Å². The molecular formula is C15H20O. The summed E-state index contributed by atoms with van der Waals surface area (Å²) in [4.78, 5) is 0. The van der Waals surface area contributed by atoms with Crippen LogP contribution in [0.4, 0.5) is 0 Å². The first-order valence-electron chi connectivity index (χ1n) is 6.41. The van der Waals surface area contributed by atoms with Crippen LogP contribution in [0.15, 0.2) is 24.3 Å². The van der Waals surface area contributed by atoms with Crippen molar-refractivity contribution in [1.82, 2.24) is 0 Å². The highest BCUT2D eigenvalue weighted by Crippen LogP contribution is 2.47. The van der Waals surface area contributed by atoms with Crippen molar-refractivity contribution in [2.45, 2.75) is 44.6 Å². The van der Waals surface area contributed by atoms with Crippen LogP contribution in [0.2, 0.25) is 0 Å². The van der Waals surface area contributed by atoms with Crippen LogP contribution in [0.3, 0.4) is 0 Å². The molecule has 2 aliphatic carbocycles. The van der Waals surface area contributed by atoms with Crippen LogP contribution in [-0.4, -0.2) is 13.2 Å². The van der Waals surface area contributed by atoms with Crippen molar-refractivity contribution in [3.8, 4) is 0 Å². The summed E-state index contributed by atoms with van der Waals surface area (Å²) in [7, 11) is 1.85. The third-order valence-electron chi connectivity index (χ3n) is 4.58. The van der Waals surface area contributed by atoms with E-state index in [4.69, 9.17) is 4.74 Å². The van der Waals surface area contributed by atoms with Crippen molar-refractivity contribution < 1.29 is 4.74 Å². The summed E-state index contributed by atoms with van der Waals surface area (Å²) in [6.07, 6.45) is 8.34. The number of fused-ring (bicyclic) bond motifs is 1. The van der Waals surface area contributed by atoms with Gasteiger partial charge in [-0.2, -0.15) is 0 Å². The summed E-state index contributed by atoms with van der Waals surface area (Å²) in [5, 5.41) is 0. The summed E-state index contributed by atoms with van der Waals surface area (Å²) < 4.78 is 5.47. The maximum atomic E-state index is 5.47. The van der Waals surface area contributed by atoms with E-state index in [9.17, 15) is 0 Å². The van der Waals surface area contributed by atoms with Crippen LogP contribution in [0, 0.1) is 5.41 Å². The number of hydrogen-bond acceptors (Lipinski definition) is 1. The van der Waals surface area contributed by atoms with Crippen LogP contribution >= 0.6 is 0 Å². The van der Waals surface area contributed by atoms with Gasteiger partial charge < -0.3 is 4.74 Å². The molecular weight excluding hydrogens is 196 g/mol. The molecule has 1 saturated carbocycles. The first-order valence-corrected chi connectivity index (χ1v) is 6.41. The van der Waals surface area contributed by atoms with Crippen molar-refractivity contribution in [3.05, 3.63) is 35.4 Å². The molecule has 86 valence electrons. The Labute approximate surface area is 97.8 Å². The van der Waals surface area contributed by atoms with Crippen molar-refractivity contribution in [1.29, 1.82) is 0 Å². The van der Waals surface area contributed by atoms with E-state index in [-0.39, 0.29) is 0 Å². The molecule has 0 aliphatic heterocycles. The van der Waals surface area contributed by atoms with Crippen LogP contribution in [-0.2, 0) is 17.6 Å². The van der Waals surface area contributed by atoms with Gasteiger partial charge in [-0.3, -0.25) is 0 Å². The van der Waals surface area contributed by atoms with Gasteiger partial charge in [-0.1, -0.05) is 24.3 Å². The summed E-state index contributed by atoms with van der Waals surface area (Å²) in [5.41, 5.74) is 3.77. The topological polar surface area (TPSA) is 9.23 Å². The predicted octanol–water partition coefficient (Wildman–Crippen LogP) is 3.36. The zero-order valence-corrected chi connectivity index (χ0v) is 10.0. The van der Waals surface area contributed by atoms with E-state index in [1.54, 1.807) is 11.1 Å². The van der Waals surface area contributed by atoms with Gasteiger partial charge >= 0.3 is 0 Å². The number of rotatable bonds is 1. The lowest BCUT2D eigenvalue weighted by Crippen LogP contribution is -2.31. The van der Waals surface area contributed by atoms with Gasteiger partial charge in [0.15, 0.2) is 0 Å². The zero-order chi connectivity index (χ0) is 11.0. The Kier molecular flexibility index (Phi) is 2.51. The average molecular weight is 216 g/mol. The van der Waals surface area contributed by atoms with Crippen LogP contribution in [0.5, 0.6) is 0 Å². The first kappa shape index (κ1) is 10.3.